The van der Waals surface area contributed by atoms with Crippen molar-refractivity contribution in [2.75, 3.05) is 14.2 Å². The third-order valence-corrected chi connectivity index (χ3v) is 2.12. The average molecular weight is 221 g/mol. The first-order chi connectivity index (χ1) is 7.60. The molecule has 0 radical (unpaired) electrons. The Bertz CT molecular complexity index is 411. The molecule has 86 valence electrons. The van der Waals surface area contributed by atoms with Crippen LogP contribution in [-0.2, 0) is 0 Å². The van der Waals surface area contributed by atoms with Crippen LogP contribution in [0.3, 0.4) is 0 Å². The molecule has 1 N–H and O–H groups in total. The van der Waals surface area contributed by atoms with Crippen LogP contribution in [0, 0.1) is 0 Å². The largest absolute Gasteiger partial charge is 0.496 e. The third-order valence-electron chi connectivity index (χ3n) is 2.12. The minimum Gasteiger partial charge on any atom is -0.496 e. The normalized spacial score (nSPS) is 10.5. The molecule has 0 aromatic heterocycles. The van der Waals surface area contributed by atoms with Gasteiger partial charge in [0, 0.05) is 18.2 Å². The summed E-state index contributed by atoms with van der Waals surface area (Å²) >= 11 is 0. The summed E-state index contributed by atoms with van der Waals surface area (Å²) in [5, 5.41) is 9.59. The van der Waals surface area contributed by atoms with Gasteiger partial charge in [0.1, 0.15) is 5.75 Å². The quantitative estimate of drug-likeness (QED) is 0.628. The lowest BCUT2D eigenvalue weighted by atomic mass is 10.1. The number of hydrogen-bond donors (Lipinski definition) is 1. The van der Waals surface area contributed by atoms with Crippen LogP contribution in [0.1, 0.15) is 22.8 Å². The van der Waals surface area contributed by atoms with E-state index in [1.54, 1.807) is 25.3 Å². The Balaban J connectivity index is 3.13. The molecule has 0 aliphatic rings. The molecule has 1 aromatic carbocycles. The van der Waals surface area contributed by atoms with Crippen LogP contribution < -0.4 is 4.74 Å². The molecule has 1 rings (SSSR count). The van der Waals surface area contributed by atoms with Gasteiger partial charge in [-0.25, -0.2) is 5.06 Å². The number of allylic oxidation sites excluding steroid dienone is 1. The second kappa shape index (κ2) is 5.32. The fourth-order valence-electron chi connectivity index (χ4n) is 1.35. The minimum atomic E-state index is -0.467. The van der Waals surface area contributed by atoms with E-state index in [-0.39, 0.29) is 0 Å². The number of nitrogens with zero attached hydrogens (tertiary/aromatic N) is 1. The van der Waals surface area contributed by atoms with Crippen LogP contribution >= 0.6 is 0 Å². The van der Waals surface area contributed by atoms with Gasteiger partial charge in [-0.3, -0.25) is 10.0 Å². The van der Waals surface area contributed by atoms with Crippen molar-refractivity contribution in [1.29, 1.82) is 0 Å². The molecule has 4 heteroatoms. The van der Waals surface area contributed by atoms with Crippen molar-refractivity contribution in [3.63, 3.8) is 0 Å². The molecule has 0 heterocycles. The van der Waals surface area contributed by atoms with Gasteiger partial charge in [0.05, 0.1) is 7.11 Å². The van der Waals surface area contributed by atoms with Crippen molar-refractivity contribution in [3.05, 3.63) is 35.4 Å². The zero-order valence-electron chi connectivity index (χ0n) is 9.60. The lowest BCUT2D eigenvalue weighted by Crippen LogP contribution is -2.22. The summed E-state index contributed by atoms with van der Waals surface area (Å²) in [7, 11) is 2.83. The van der Waals surface area contributed by atoms with E-state index in [1.807, 2.05) is 19.1 Å². The fourth-order valence-corrected chi connectivity index (χ4v) is 1.35. The van der Waals surface area contributed by atoms with Gasteiger partial charge in [-0.05, 0) is 19.1 Å². The van der Waals surface area contributed by atoms with E-state index >= 15 is 0 Å². The highest BCUT2D eigenvalue weighted by atomic mass is 16.5. The lowest BCUT2D eigenvalue weighted by molar-refractivity contribution is -0.0375. The smallest absolute Gasteiger partial charge is 0.277 e. The predicted octanol–water partition coefficient (Wildman–Crippen LogP) is 2.19. The zero-order chi connectivity index (χ0) is 12.1. The molecule has 0 aliphatic carbocycles. The molecule has 0 unspecified atom stereocenters. The number of benzene rings is 1. The Labute approximate surface area is 94.7 Å². The molecule has 1 amide bonds. The van der Waals surface area contributed by atoms with Gasteiger partial charge in [0.2, 0.25) is 0 Å². The van der Waals surface area contributed by atoms with E-state index < -0.39 is 5.91 Å². The molecule has 0 aliphatic heterocycles. The van der Waals surface area contributed by atoms with Crippen molar-refractivity contribution in [1.82, 2.24) is 5.06 Å². The highest BCUT2D eigenvalue weighted by molar-refractivity contribution is 5.94. The van der Waals surface area contributed by atoms with E-state index in [0.717, 1.165) is 5.56 Å². The van der Waals surface area contributed by atoms with Gasteiger partial charge in [-0.2, -0.15) is 0 Å². The fraction of sp³-hybridized carbons (Fsp3) is 0.250. The third kappa shape index (κ3) is 2.61. The monoisotopic (exact) mass is 221 g/mol. The maximum absolute atomic E-state index is 11.5. The molecular weight excluding hydrogens is 206 g/mol. The maximum atomic E-state index is 11.5. The molecule has 1 aromatic rings. The van der Waals surface area contributed by atoms with Crippen LogP contribution in [-0.4, -0.2) is 30.3 Å². The van der Waals surface area contributed by atoms with Crippen molar-refractivity contribution >= 4 is 12.0 Å². The van der Waals surface area contributed by atoms with Gasteiger partial charge in [0.25, 0.3) is 5.91 Å². The number of methoxy groups -OCH3 is 1. The maximum Gasteiger partial charge on any atom is 0.277 e. The minimum absolute atomic E-state index is 0.384. The summed E-state index contributed by atoms with van der Waals surface area (Å²) in [5.41, 5.74) is 1.28. The summed E-state index contributed by atoms with van der Waals surface area (Å²) in [4.78, 5) is 11.5. The van der Waals surface area contributed by atoms with E-state index in [9.17, 15) is 4.79 Å². The molecule has 16 heavy (non-hydrogen) atoms. The van der Waals surface area contributed by atoms with Gasteiger partial charge >= 0.3 is 0 Å². The summed E-state index contributed by atoms with van der Waals surface area (Å²) < 4.78 is 5.16. The molecule has 0 fully saturated rings. The van der Waals surface area contributed by atoms with Crippen molar-refractivity contribution in [3.8, 4) is 5.75 Å². The van der Waals surface area contributed by atoms with Gasteiger partial charge in [-0.1, -0.05) is 18.2 Å². The number of carbonyl (C=O) groups is 1. The molecule has 0 saturated heterocycles. The lowest BCUT2D eigenvalue weighted by Gasteiger charge is -2.10. The van der Waals surface area contributed by atoms with Crippen molar-refractivity contribution < 1.29 is 14.7 Å². The summed E-state index contributed by atoms with van der Waals surface area (Å²) in [6.45, 7) is 1.90. The number of amides is 1. The van der Waals surface area contributed by atoms with Crippen LogP contribution in [0.5, 0.6) is 5.75 Å². The number of ether oxygens (including phenoxy) is 1. The van der Waals surface area contributed by atoms with E-state index in [4.69, 9.17) is 9.94 Å². The van der Waals surface area contributed by atoms with Crippen molar-refractivity contribution in [2.24, 2.45) is 0 Å². The molecule has 4 nitrogen and oxygen atoms in total. The second-order valence-corrected chi connectivity index (χ2v) is 3.29. The van der Waals surface area contributed by atoms with Crippen LogP contribution in [0.25, 0.3) is 6.08 Å². The Morgan fingerprint density at radius 3 is 2.69 bits per heavy atom. The number of carbonyl (C=O) groups excluding carboxylic acids is 1. The molecule has 0 spiro atoms. The first kappa shape index (κ1) is 12.3. The average Bonchev–Trinajstić information content (AvgIpc) is 2.29. The predicted molar refractivity (Wildman–Crippen MR) is 61.6 cm³/mol. The Morgan fingerprint density at radius 1 is 1.50 bits per heavy atom. The summed E-state index contributed by atoms with van der Waals surface area (Å²) in [6, 6.07) is 5.02. The highest BCUT2D eigenvalue weighted by Gasteiger charge is 2.11. The summed E-state index contributed by atoms with van der Waals surface area (Å²) in [6.07, 6.45) is 3.77. The van der Waals surface area contributed by atoms with Gasteiger partial charge in [-0.15, -0.1) is 0 Å². The van der Waals surface area contributed by atoms with E-state index in [1.165, 1.54) is 7.05 Å². The van der Waals surface area contributed by atoms with E-state index in [2.05, 4.69) is 0 Å². The SMILES string of the molecule is C/C=C\c1ccc(C(=O)N(C)O)cc1OC. The van der Waals surface area contributed by atoms with Gasteiger partial charge < -0.3 is 4.74 Å². The number of hydrogen-bond acceptors (Lipinski definition) is 3. The highest BCUT2D eigenvalue weighted by Crippen LogP contribution is 2.22. The molecular formula is C12H15NO3. The number of hydroxylamine groups is 2. The first-order valence-corrected chi connectivity index (χ1v) is 4.87. The summed E-state index contributed by atoms with van der Waals surface area (Å²) in [5.74, 6) is 0.135. The Hall–Kier alpha value is -1.81. The van der Waals surface area contributed by atoms with Crippen molar-refractivity contribution in [2.45, 2.75) is 6.92 Å². The van der Waals surface area contributed by atoms with Gasteiger partial charge in [0.15, 0.2) is 0 Å². The van der Waals surface area contributed by atoms with Crippen LogP contribution in [0.2, 0.25) is 0 Å². The van der Waals surface area contributed by atoms with Crippen LogP contribution in [0.15, 0.2) is 24.3 Å². The molecule has 0 bridgehead atoms. The standard InChI is InChI=1S/C12H15NO3/c1-4-5-9-6-7-10(8-11(9)16-3)12(14)13(2)15/h4-8,15H,1-3H3/b5-4-. The second-order valence-electron chi connectivity index (χ2n) is 3.29. The Morgan fingerprint density at radius 2 is 2.19 bits per heavy atom. The first-order valence-electron chi connectivity index (χ1n) is 4.87. The molecule has 0 saturated carbocycles. The molecule has 0 atom stereocenters. The number of rotatable bonds is 3. The van der Waals surface area contributed by atoms with Crippen LogP contribution in [0.4, 0.5) is 0 Å². The topological polar surface area (TPSA) is 49.8 Å². The van der Waals surface area contributed by atoms with E-state index in [0.29, 0.717) is 16.4 Å². The Kier molecular flexibility index (Phi) is 4.08. The zero-order valence-corrected chi connectivity index (χ0v) is 9.60.